The Morgan fingerprint density at radius 1 is 0.969 bits per heavy atom. The van der Waals surface area contributed by atoms with Gasteiger partial charge in [-0.15, -0.1) is 0 Å². The Morgan fingerprint density at radius 3 is 2.09 bits per heavy atom. The molecule has 0 bridgehead atoms. The van der Waals surface area contributed by atoms with Crippen LogP contribution in [0.1, 0.15) is 11.1 Å². The maximum atomic E-state index is 9.75. The molecule has 3 rings (SSSR count). The first-order chi connectivity index (χ1) is 15.0. The smallest absolute Gasteiger partial charge is 0.456 e. The molecule has 1 N–H and O–H groups in total. The van der Waals surface area contributed by atoms with E-state index in [0.29, 0.717) is 6.54 Å². The molecule has 0 fully saturated rings. The number of aliphatic hydroxyl groups excluding tert-OH is 1. The number of rotatable bonds is 5. The minimum absolute atomic E-state index is 0.110. The van der Waals surface area contributed by atoms with Crippen LogP contribution in [0.2, 0.25) is 0 Å². The summed E-state index contributed by atoms with van der Waals surface area (Å²) in [5.74, 6) is 1.53. The predicted octanol–water partition coefficient (Wildman–Crippen LogP) is 6.56. The lowest BCUT2D eigenvalue weighted by atomic mass is 10.0. The highest BCUT2D eigenvalue weighted by Gasteiger charge is 2.20. The van der Waals surface area contributed by atoms with Crippen LogP contribution in [0.15, 0.2) is 81.5 Å². The van der Waals surface area contributed by atoms with Crippen molar-refractivity contribution in [3.8, 4) is 0 Å². The molecule has 0 atom stereocenters. The van der Waals surface area contributed by atoms with Gasteiger partial charge in [0.25, 0.3) is 0 Å². The van der Waals surface area contributed by atoms with Crippen molar-refractivity contribution in [2.45, 2.75) is 0 Å². The summed E-state index contributed by atoms with van der Waals surface area (Å²) < 4.78 is 49.1. The van der Waals surface area contributed by atoms with Gasteiger partial charge in [0.1, 0.15) is 25.2 Å². The highest BCUT2D eigenvalue weighted by atomic mass is 79.9. The molecule has 0 spiro atoms. The molecule has 2 aromatic carbocycles. The van der Waals surface area contributed by atoms with Gasteiger partial charge in [-0.2, -0.15) is 0 Å². The number of benzene rings is 2. The molecule has 1 aliphatic rings. The van der Waals surface area contributed by atoms with Crippen LogP contribution >= 0.6 is 31.9 Å². The van der Waals surface area contributed by atoms with E-state index in [4.69, 9.17) is 9.84 Å². The summed E-state index contributed by atoms with van der Waals surface area (Å²) >= 11 is 7.07. The molecule has 0 saturated heterocycles. The molecule has 1 heterocycles. The fourth-order valence-corrected chi connectivity index (χ4v) is 3.45. The van der Waals surface area contributed by atoms with E-state index in [-0.39, 0.29) is 6.61 Å². The molecule has 0 amide bonds. The van der Waals surface area contributed by atoms with Gasteiger partial charge in [-0.3, -0.25) is 0 Å². The van der Waals surface area contributed by atoms with Gasteiger partial charge in [0.05, 0.1) is 0 Å². The van der Waals surface area contributed by atoms with Crippen molar-refractivity contribution in [3.05, 3.63) is 92.6 Å². The molecule has 0 aliphatic carbocycles. The first-order valence-corrected chi connectivity index (χ1v) is 11.0. The number of nitrogens with zero attached hydrogens (tertiary/aromatic N) is 1. The number of halogens is 6. The third-order valence-electron chi connectivity index (χ3n) is 4.03. The number of hydrogen-bond donors (Lipinski definition) is 1. The quantitative estimate of drug-likeness (QED) is 0.189. The van der Waals surface area contributed by atoms with Gasteiger partial charge >= 0.3 is 7.25 Å². The topological polar surface area (TPSA) is 32.5 Å². The van der Waals surface area contributed by atoms with Gasteiger partial charge in [0.15, 0.2) is 12.8 Å². The average Bonchev–Trinajstić information content (AvgIpc) is 2.71. The van der Waals surface area contributed by atoms with Gasteiger partial charge < -0.3 is 27.1 Å². The van der Waals surface area contributed by atoms with E-state index in [1.165, 1.54) is 0 Å². The lowest BCUT2D eigenvalue weighted by Crippen LogP contribution is -2.11. The van der Waals surface area contributed by atoms with Crippen molar-refractivity contribution in [2.75, 3.05) is 20.2 Å². The SMILES string of the molecule is C[N+](=CC=C1C=C(c2cccc(Br)c2)C=C(c2cccc(Br)c2)O1)CCO.F[B-](F)(F)F. The Kier molecular flexibility index (Phi) is 9.93. The fourth-order valence-electron chi connectivity index (χ4n) is 2.66. The molecule has 3 nitrogen and oxygen atoms in total. The zero-order chi connectivity index (χ0) is 23.7. The van der Waals surface area contributed by atoms with E-state index in [2.05, 4.69) is 50.1 Å². The third kappa shape index (κ3) is 9.54. The zero-order valence-electron chi connectivity index (χ0n) is 17.0. The Balaban J connectivity index is 0.000000654. The summed E-state index contributed by atoms with van der Waals surface area (Å²) in [7, 11) is -4.08. The molecule has 0 aromatic heterocycles. The molecule has 0 radical (unpaired) electrons. The minimum Gasteiger partial charge on any atom is -0.456 e. The van der Waals surface area contributed by atoms with Gasteiger partial charge in [0, 0.05) is 20.6 Å². The lowest BCUT2D eigenvalue weighted by Gasteiger charge is -2.18. The predicted molar refractivity (Wildman–Crippen MR) is 128 cm³/mol. The van der Waals surface area contributed by atoms with Crippen LogP contribution < -0.4 is 0 Å². The van der Waals surface area contributed by atoms with Crippen LogP contribution in [0.5, 0.6) is 0 Å². The van der Waals surface area contributed by atoms with Crippen molar-refractivity contribution in [2.24, 2.45) is 0 Å². The molecule has 32 heavy (non-hydrogen) atoms. The van der Waals surface area contributed by atoms with Crippen LogP contribution in [0.4, 0.5) is 17.3 Å². The molecule has 170 valence electrons. The second-order valence-electron chi connectivity index (χ2n) is 6.65. The van der Waals surface area contributed by atoms with E-state index in [1.54, 1.807) is 0 Å². The number of ether oxygens (including phenoxy) is 1. The van der Waals surface area contributed by atoms with E-state index < -0.39 is 7.25 Å². The van der Waals surface area contributed by atoms with Gasteiger partial charge in [-0.1, -0.05) is 56.1 Å². The fraction of sp³-hybridized carbons (Fsp3) is 0.136. The summed E-state index contributed by atoms with van der Waals surface area (Å²) in [5.41, 5.74) is 3.18. The van der Waals surface area contributed by atoms with Crippen molar-refractivity contribution >= 4 is 56.7 Å². The second-order valence-corrected chi connectivity index (χ2v) is 8.48. The van der Waals surface area contributed by atoms with Crippen molar-refractivity contribution < 1.29 is 31.7 Å². The molecule has 2 aromatic rings. The summed E-state index contributed by atoms with van der Waals surface area (Å²) in [6.45, 7) is 0.680. The van der Waals surface area contributed by atoms with Gasteiger partial charge in [0.2, 0.25) is 0 Å². The molecule has 1 aliphatic heterocycles. The monoisotopic (exact) mass is 575 g/mol. The second kappa shape index (κ2) is 12.2. The van der Waals surface area contributed by atoms with Crippen LogP contribution in [0.25, 0.3) is 11.3 Å². The van der Waals surface area contributed by atoms with Gasteiger partial charge in [-0.05, 0) is 47.6 Å². The Hall–Kier alpha value is -2.17. The summed E-state index contributed by atoms with van der Waals surface area (Å²) in [6, 6.07) is 16.2. The normalized spacial score (nSPS) is 15.4. The Labute approximate surface area is 200 Å². The largest absolute Gasteiger partial charge is 0.673 e. The van der Waals surface area contributed by atoms with Crippen molar-refractivity contribution in [1.29, 1.82) is 0 Å². The third-order valence-corrected chi connectivity index (χ3v) is 5.01. The highest BCUT2D eigenvalue weighted by molar-refractivity contribution is 9.10. The van der Waals surface area contributed by atoms with Crippen LogP contribution in [0, 0.1) is 0 Å². The van der Waals surface area contributed by atoms with E-state index in [9.17, 15) is 17.3 Å². The first kappa shape index (κ1) is 26.1. The molecule has 0 unspecified atom stereocenters. The van der Waals surface area contributed by atoms with E-state index in [1.807, 2.05) is 66.4 Å². The minimum atomic E-state index is -6.00. The van der Waals surface area contributed by atoms with E-state index in [0.717, 1.165) is 37.2 Å². The molecule has 10 heteroatoms. The Morgan fingerprint density at radius 2 is 1.53 bits per heavy atom. The number of aliphatic hydroxyl groups is 1. The average molecular weight is 577 g/mol. The maximum absolute atomic E-state index is 9.75. The van der Waals surface area contributed by atoms with Crippen molar-refractivity contribution in [1.82, 2.24) is 0 Å². The molecule has 0 saturated carbocycles. The van der Waals surface area contributed by atoms with E-state index >= 15 is 0 Å². The van der Waals surface area contributed by atoms with Crippen LogP contribution in [-0.2, 0) is 4.74 Å². The summed E-state index contributed by atoms with van der Waals surface area (Å²) in [4.78, 5) is 0. The number of likely N-dealkylation sites (N-methyl/N-ethyl adjacent to an activating group) is 1. The number of allylic oxidation sites excluding steroid dienone is 4. The standard InChI is InChI=1S/C22H20Br2NO2.BF4/c1-25(10-11-26)9-8-21-14-18(16-4-2-6-19(23)12-16)15-22(27-21)17-5-3-7-20(24)13-17;2-1(3,4)5/h2-9,12-15,26H,10-11H2,1H3;/q+1;-1. The lowest BCUT2D eigenvalue weighted by molar-refractivity contribution is -0.494. The summed E-state index contributed by atoms with van der Waals surface area (Å²) in [5, 5.41) is 9.06. The van der Waals surface area contributed by atoms with Gasteiger partial charge in [-0.25, -0.2) is 4.58 Å². The molecular formula is C22H20BBr2F4NO2. The first-order valence-electron chi connectivity index (χ1n) is 9.42. The van der Waals surface area contributed by atoms with Crippen LogP contribution in [-0.4, -0.2) is 43.4 Å². The maximum Gasteiger partial charge on any atom is 0.673 e. The summed E-state index contributed by atoms with van der Waals surface area (Å²) in [6.07, 6.45) is 7.90. The van der Waals surface area contributed by atoms with Crippen LogP contribution in [0.3, 0.4) is 0 Å². The number of hydrogen-bond acceptors (Lipinski definition) is 2. The zero-order valence-corrected chi connectivity index (χ0v) is 20.2. The Bertz CT molecular complexity index is 1060. The van der Waals surface area contributed by atoms with Crippen molar-refractivity contribution in [3.63, 3.8) is 0 Å². The molecular weight excluding hydrogens is 557 g/mol. The highest BCUT2D eigenvalue weighted by Crippen LogP contribution is 2.33.